The smallest absolute Gasteiger partial charge is 0.291 e. The molecule has 0 aliphatic heterocycles. The highest BCUT2D eigenvalue weighted by molar-refractivity contribution is 14.0. The third kappa shape index (κ3) is 7.43. The second-order valence-electron chi connectivity index (χ2n) is 6.80. The molecule has 2 aromatic carbocycles. The largest absolute Gasteiger partial charge is 0.459 e. The van der Waals surface area contributed by atoms with Gasteiger partial charge in [-0.3, -0.25) is 4.79 Å². The first-order chi connectivity index (χ1) is 14.7. The van der Waals surface area contributed by atoms with Crippen LogP contribution in [0.4, 0.5) is 5.69 Å². The van der Waals surface area contributed by atoms with Crippen molar-refractivity contribution in [3.05, 3.63) is 89.4 Å². The number of carbonyl (C=O) groups excluding carboxylic acids is 1. The van der Waals surface area contributed by atoms with E-state index in [1.165, 1.54) is 17.4 Å². The number of guanidine groups is 1. The van der Waals surface area contributed by atoms with Crippen molar-refractivity contribution in [2.45, 2.75) is 33.4 Å². The second kappa shape index (κ2) is 12.8. The van der Waals surface area contributed by atoms with Crippen LogP contribution in [0, 0.1) is 0 Å². The molecule has 0 fully saturated rings. The number of amides is 1. The summed E-state index contributed by atoms with van der Waals surface area (Å²) in [5.74, 6) is 0.796. The third-order valence-electron chi connectivity index (χ3n) is 4.67. The van der Waals surface area contributed by atoms with E-state index in [1.54, 1.807) is 12.1 Å². The number of hydrogen-bond acceptors (Lipinski definition) is 3. The van der Waals surface area contributed by atoms with Crippen LogP contribution < -0.4 is 16.0 Å². The van der Waals surface area contributed by atoms with Gasteiger partial charge >= 0.3 is 0 Å². The van der Waals surface area contributed by atoms with Gasteiger partial charge in [-0.1, -0.05) is 43.3 Å². The van der Waals surface area contributed by atoms with E-state index >= 15 is 0 Å². The Kier molecular flexibility index (Phi) is 10.1. The molecule has 3 aromatic rings. The molecule has 164 valence electrons. The Bertz CT molecular complexity index is 970. The number of aliphatic imine (C=N–C) groups is 1. The molecule has 1 amide bonds. The molecular weight excluding hydrogens is 503 g/mol. The molecule has 0 unspecified atom stereocenters. The summed E-state index contributed by atoms with van der Waals surface area (Å²) in [4.78, 5) is 16.7. The Balaban J connectivity index is 0.00000341. The van der Waals surface area contributed by atoms with Crippen LogP contribution in [0.25, 0.3) is 0 Å². The third-order valence-corrected chi connectivity index (χ3v) is 4.67. The minimum atomic E-state index is -0.267. The Hall–Kier alpha value is -2.81. The van der Waals surface area contributed by atoms with Crippen molar-refractivity contribution >= 4 is 41.5 Å². The zero-order chi connectivity index (χ0) is 21.2. The quantitative estimate of drug-likeness (QED) is 0.218. The molecule has 0 aliphatic carbocycles. The Morgan fingerprint density at radius 1 is 0.935 bits per heavy atom. The molecule has 7 heteroatoms. The molecule has 0 bridgehead atoms. The van der Waals surface area contributed by atoms with Gasteiger partial charge in [0, 0.05) is 18.8 Å². The molecular formula is C24H29IN4O2. The van der Waals surface area contributed by atoms with Gasteiger partial charge in [0.05, 0.1) is 12.8 Å². The molecule has 0 spiro atoms. The fourth-order valence-corrected chi connectivity index (χ4v) is 3.06. The summed E-state index contributed by atoms with van der Waals surface area (Å²) in [6, 6.07) is 19.4. The highest BCUT2D eigenvalue weighted by Crippen LogP contribution is 2.13. The monoisotopic (exact) mass is 532 g/mol. The summed E-state index contributed by atoms with van der Waals surface area (Å²) in [5.41, 5.74) is 4.39. The number of aryl methyl sites for hydroxylation is 1. The van der Waals surface area contributed by atoms with E-state index in [2.05, 4.69) is 52.1 Å². The van der Waals surface area contributed by atoms with E-state index in [1.807, 2.05) is 31.2 Å². The van der Waals surface area contributed by atoms with E-state index < -0.39 is 0 Å². The minimum absolute atomic E-state index is 0. The highest BCUT2D eigenvalue weighted by atomic mass is 127. The Labute approximate surface area is 200 Å². The van der Waals surface area contributed by atoms with Crippen LogP contribution in [0.3, 0.4) is 0 Å². The molecule has 31 heavy (non-hydrogen) atoms. The van der Waals surface area contributed by atoms with Crippen molar-refractivity contribution < 1.29 is 9.21 Å². The molecule has 6 nitrogen and oxygen atoms in total. The molecule has 1 heterocycles. The lowest BCUT2D eigenvalue weighted by Gasteiger charge is -2.13. The molecule has 0 atom stereocenters. The molecule has 3 rings (SSSR count). The van der Waals surface area contributed by atoms with Crippen molar-refractivity contribution in [2.75, 3.05) is 11.9 Å². The number of halogens is 1. The lowest BCUT2D eigenvalue weighted by atomic mass is 10.1. The highest BCUT2D eigenvalue weighted by Gasteiger charge is 2.08. The summed E-state index contributed by atoms with van der Waals surface area (Å²) in [6.07, 6.45) is 2.49. The number of nitrogens with one attached hydrogen (secondary N) is 3. The van der Waals surface area contributed by atoms with E-state index in [-0.39, 0.29) is 35.6 Å². The van der Waals surface area contributed by atoms with Crippen LogP contribution in [0.1, 0.15) is 41.1 Å². The van der Waals surface area contributed by atoms with Crippen LogP contribution >= 0.6 is 24.0 Å². The van der Waals surface area contributed by atoms with Crippen molar-refractivity contribution in [1.29, 1.82) is 0 Å². The number of carbonyl (C=O) groups is 1. The molecule has 0 aliphatic rings. The van der Waals surface area contributed by atoms with Gasteiger partial charge in [0.2, 0.25) is 0 Å². The van der Waals surface area contributed by atoms with E-state index in [9.17, 15) is 4.79 Å². The average Bonchev–Trinajstić information content (AvgIpc) is 3.32. The fraction of sp³-hybridized carbons (Fsp3) is 0.250. The summed E-state index contributed by atoms with van der Waals surface area (Å²) in [5, 5.41) is 9.50. The second-order valence-corrected chi connectivity index (χ2v) is 6.80. The van der Waals surface area contributed by atoms with Gasteiger partial charge in [0.15, 0.2) is 11.7 Å². The topological polar surface area (TPSA) is 78.7 Å². The van der Waals surface area contributed by atoms with Gasteiger partial charge in [-0.15, -0.1) is 24.0 Å². The number of furan rings is 1. The number of hydrogen-bond donors (Lipinski definition) is 3. The summed E-state index contributed by atoms with van der Waals surface area (Å²) < 4.78 is 5.10. The standard InChI is InChI=1S/C24H28N4O2.HI/c1-3-19-8-5-6-9-20(19)17-27-24(25-4-2)26-16-18-11-13-21(14-12-18)28-23(29)22-10-7-15-30-22;/h5-15H,3-4,16-17H2,1-2H3,(H,28,29)(H2,25,26,27);1H. The van der Waals surface area contributed by atoms with Crippen molar-refractivity contribution in [3.63, 3.8) is 0 Å². The lowest BCUT2D eigenvalue weighted by Crippen LogP contribution is -2.37. The maximum absolute atomic E-state index is 12.0. The summed E-state index contributed by atoms with van der Waals surface area (Å²) in [7, 11) is 0. The first-order valence-corrected chi connectivity index (χ1v) is 10.2. The van der Waals surface area contributed by atoms with Crippen LogP contribution in [-0.4, -0.2) is 18.4 Å². The van der Waals surface area contributed by atoms with Gasteiger partial charge in [-0.05, 0) is 54.3 Å². The van der Waals surface area contributed by atoms with Crippen molar-refractivity contribution in [3.8, 4) is 0 Å². The first-order valence-electron chi connectivity index (χ1n) is 10.2. The van der Waals surface area contributed by atoms with Crippen LogP contribution in [-0.2, 0) is 19.5 Å². The predicted molar refractivity (Wildman–Crippen MR) is 136 cm³/mol. The molecule has 0 saturated heterocycles. The van der Waals surface area contributed by atoms with E-state index in [0.717, 1.165) is 31.0 Å². The summed E-state index contributed by atoms with van der Waals surface area (Å²) in [6.45, 7) is 6.27. The number of anilines is 1. The van der Waals surface area contributed by atoms with Gasteiger partial charge in [0.25, 0.3) is 5.91 Å². The minimum Gasteiger partial charge on any atom is -0.459 e. The predicted octanol–water partition coefficient (Wildman–Crippen LogP) is 4.97. The fourth-order valence-electron chi connectivity index (χ4n) is 3.06. The lowest BCUT2D eigenvalue weighted by molar-refractivity contribution is 0.0996. The average molecular weight is 532 g/mol. The zero-order valence-electron chi connectivity index (χ0n) is 17.9. The van der Waals surface area contributed by atoms with Gasteiger partial charge in [-0.25, -0.2) is 4.99 Å². The number of rotatable bonds is 8. The zero-order valence-corrected chi connectivity index (χ0v) is 20.2. The van der Waals surface area contributed by atoms with Crippen molar-refractivity contribution in [1.82, 2.24) is 10.6 Å². The molecule has 3 N–H and O–H groups in total. The maximum Gasteiger partial charge on any atom is 0.291 e. The SMILES string of the molecule is CCNC(=NCc1ccc(NC(=O)c2ccco2)cc1)NCc1ccccc1CC.I. The maximum atomic E-state index is 12.0. The van der Waals surface area contributed by atoms with Crippen molar-refractivity contribution in [2.24, 2.45) is 4.99 Å². The number of nitrogens with zero attached hydrogens (tertiary/aromatic N) is 1. The Morgan fingerprint density at radius 2 is 1.68 bits per heavy atom. The van der Waals surface area contributed by atoms with Crippen LogP contribution in [0.15, 0.2) is 76.3 Å². The molecule has 1 aromatic heterocycles. The van der Waals surface area contributed by atoms with Gasteiger partial charge in [0.1, 0.15) is 0 Å². The first kappa shape index (κ1) is 24.5. The van der Waals surface area contributed by atoms with Crippen LogP contribution in [0.2, 0.25) is 0 Å². The van der Waals surface area contributed by atoms with Crippen LogP contribution in [0.5, 0.6) is 0 Å². The Morgan fingerprint density at radius 3 is 2.32 bits per heavy atom. The molecule has 0 saturated carbocycles. The van der Waals surface area contributed by atoms with E-state index in [0.29, 0.717) is 12.2 Å². The normalized spacial score (nSPS) is 10.8. The number of benzene rings is 2. The molecule has 0 radical (unpaired) electrons. The van der Waals surface area contributed by atoms with Gasteiger partial charge < -0.3 is 20.4 Å². The van der Waals surface area contributed by atoms with Gasteiger partial charge in [-0.2, -0.15) is 0 Å². The summed E-state index contributed by atoms with van der Waals surface area (Å²) >= 11 is 0. The van der Waals surface area contributed by atoms with E-state index in [4.69, 9.17) is 4.42 Å².